The zero-order valence-corrected chi connectivity index (χ0v) is 18.3. The van der Waals surface area contributed by atoms with Crippen LogP contribution in [-0.2, 0) is 18.4 Å². The van der Waals surface area contributed by atoms with E-state index in [2.05, 4.69) is 24.3 Å². The molecule has 1 amide bonds. The Morgan fingerprint density at radius 1 is 1.33 bits per heavy atom. The second-order valence-corrected chi connectivity index (χ2v) is 7.86. The number of carbonyl (C=O) groups is 1. The molecule has 1 N–H and O–H groups in total. The van der Waals surface area contributed by atoms with Gasteiger partial charge in [-0.05, 0) is 30.5 Å². The highest BCUT2D eigenvalue weighted by molar-refractivity contribution is 5.98. The average Bonchev–Trinajstić information content (AvgIpc) is 3.15. The molecule has 3 rings (SSSR count). The van der Waals surface area contributed by atoms with Crippen molar-refractivity contribution in [3.05, 3.63) is 42.2 Å². The second kappa shape index (κ2) is 10.1. The third-order valence-corrected chi connectivity index (χ3v) is 4.75. The van der Waals surface area contributed by atoms with Crippen molar-refractivity contribution in [2.24, 2.45) is 18.0 Å². The smallest absolute Gasteiger partial charge is 0.246 e. The minimum atomic E-state index is 0.0453. The average molecular weight is 413 g/mol. The highest BCUT2D eigenvalue weighted by atomic mass is 16.5. The molecule has 0 atom stereocenters. The van der Waals surface area contributed by atoms with Gasteiger partial charge in [0.05, 0.1) is 25.0 Å². The molecule has 0 saturated carbocycles. The Labute approximate surface area is 178 Å². The fourth-order valence-corrected chi connectivity index (χ4v) is 3.26. The zero-order valence-electron chi connectivity index (χ0n) is 18.3. The Morgan fingerprint density at radius 2 is 2.17 bits per heavy atom. The molecule has 1 aliphatic rings. The van der Waals surface area contributed by atoms with E-state index in [1.54, 1.807) is 15.8 Å². The lowest BCUT2D eigenvalue weighted by atomic mass is 10.2. The maximum Gasteiger partial charge on any atom is 0.246 e. The van der Waals surface area contributed by atoms with E-state index in [-0.39, 0.29) is 12.5 Å². The number of aromatic nitrogens is 2. The first-order chi connectivity index (χ1) is 14.5. The van der Waals surface area contributed by atoms with Gasteiger partial charge in [-0.15, -0.1) is 0 Å². The molecule has 8 nitrogen and oxygen atoms in total. The van der Waals surface area contributed by atoms with Crippen LogP contribution in [0.3, 0.4) is 0 Å². The summed E-state index contributed by atoms with van der Waals surface area (Å²) in [7, 11) is 1.85. The van der Waals surface area contributed by atoms with E-state index >= 15 is 0 Å². The van der Waals surface area contributed by atoms with Crippen LogP contribution in [0.15, 0.2) is 41.7 Å². The number of amides is 1. The summed E-state index contributed by atoms with van der Waals surface area (Å²) in [4.78, 5) is 21.3. The minimum Gasteiger partial charge on any atom is -0.493 e. The molecule has 2 aromatic rings. The lowest BCUT2D eigenvalue weighted by Crippen LogP contribution is -2.55. The normalized spacial score (nSPS) is 15.1. The highest BCUT2D eigenvalue weighted by Crippen LogP contribution is 2.17. The summed E-state index contributed by atoms with van der Waals surface area (Å²) in [6.07, 6.45) is 3.59. The van der Waals surface area contributed by atoms with Crippen LogP contribution in [0.2, 0.25) is 0 Å². The molecule has 0 bridgehead atoms. The lowest BCUT2D eigenvalue weighted by Gasteiger charge is -2.35. The highest BCUT2D eigenvalue weighted by Gasteiger charge is 2.27. The molecule has 0 aliphatic carbocycles. The van der Waals surface area contributed by atoms with Crippen LogP contribution in [-0.4, -0.2) is 59.3 Å². The standard InChI is InChI=1S/C22H32N6O2/c1-5-23-22(24-12-18-7-6-8-20(11-18)30-16-17(2)3)27-9-10-28(21(29)15-27)19-13-25-26(4)14-19/h6-8,11,13-14,17H,5,9-10,12,15-16H2,1-4H3,(H,23,24). The summed E-state index contributed by atoms with van der Waals surface area (Å²) in [5.74, 6) is 2.14. The van der Waals surface area contributed by atoms with Gasteiger partial charge in [-0.2, -0.15) is 5.10 Å². The van der Waals surface area contributed by atoms with Gasteiger partial charge in [0, 0.05) is 32.9 Å². The van der Waals surface area contributed by atoms with Crippen molar-refractivity contribution in [3.8, 4) is 5.75 Å². The topological polar surface area (TPSA) is 75.0 Å². The number of carbonyl (C=O) groups excluding carboxylic acids is 1. The molecule has 8 heteroatoms. The van der Waals surface area contributed by atoms with Crippen LogP contribution in [0.4, 0.5) is 5.69 Å². The van der Waals surface area contributed by atoms with Gasteiger partial charge in [0.2, 0.25) is 5.91 Å². The number of hydrogen-bond donors (Lipinski definition) is 1. The Kier molecular flexibility index (Phi) is 7.32. The first kappa shape index (κ1) is 21.7. The summed E-state index contributed by atoms with van der Waals surface area (Å²) >= 11 is 0. The molecule has 1 aromatic carbocycles. The first-order valence-corrected chi connectivity index (χ1v) is 10.5. The second-order valence-electron chi connectivity index (χ2n) is 7.86. The first-order valence-electron chi connectivity index (χ1n) is 10.5. The van der Waals surface area contributed by atoms with Crippen LogP contribution in [0.25, 0.3) is 0 Å². The summed E-state index contributed by atoms with van der Waals surface area (Å²) < 4.78 is 7.52. The largest absolute Gasteiger partial charge is 0.493 e. The van der Waals surface area contributed by atoms with Crippen molar-refractivity contribution in [1.82, 2.24) is 20.0 Å². The number of guanidine groups is 1. The SMILES string of the molecule is CCNC(=NCc1cccc(OCC(C)C)c1)N1CCN(c2cnn(C)c2)C(=O)C1. The number of hydrogen-bond acceptors (Lipinski definition) is 4. The van der Waals surface area contributed by atoms with E-state index in [9.17, 15) is 4.79 Å². The van der Waals surface area contributed by atoms with E-state index < -0.39 is 0 Å². The maximum atomic E-state index is 12.7. The van der Waals surface area contributed by atoms with Crippen molar-refractivity contribution in [2.75, 3.05) is 37.7 Å². The van der Waals surface area contributed by atoms with Crippen LogP contribution >= 0.6 is 0 Å². The van der Waals surface area contributed by atoms with Gasteiger partial charge >= 0.3 is 0 Å². The van der Waals surface area contributed by atoms with Crippen LogP contribution in [0.1, 0.15) is 26.3 Å². The van der Waals surface area contributed by atoms with Crippen LogP contribution < -0.4 is 15.0 Å². The van der Waals surface area contributed by atoms with E-state index in [4.69, 9.17) is 9.73 Å². The molecule has 1 fully saturated rings. The Morgan fingerprint density at radius 3 is 2.83 bits per heavy atom. The lowest BCUT2D eigenvalue weighted by molar-refractivity contribution is -0.120. The molecule has 0 unspecified atom stereocenters. The molecule has 0 spiro atoms. The summed E-state index contributed by atoms with van der Waals surface area (Å²) in [6, 6.07) is 8.03. The number of anilines is 1. The molecule has 1 aromatic heterocycles. The Bertz CT molecular complexity index is 876. The van der Waals surface area contributed by atoms with E-state index in [1.807, 2.05) is 49.3 Å². The van der Waals surface area contributed by atoms with Crippen molar-refractivity contribution in [1.29, 1.82) is 0 Å². The van der Waals surface area contributed by atoms with Gasteiger partial charge in [-0.1, -0.05) is 26.0 Å². The number of nitrogens with zero attached hydrogens (tertiary/aromatic N) is 5. The van der Waals surface area contributed by atoms with Gasteiger partial charge in [0.15, 0.2) is 5.96 Å². The van der Waals surface area contributed by atoms with Crippen LogP contribution in [0, 0.1) is 5.92 Å². The number of aryl methyl sites for hydroxylation is 1. The maximum absolute atomic E-state index is 12.7. The third-order valence-electron chi connectivity index (χ3n) is 4.75. The summed E-state index contributed by atoms with van der Waals surface area (Å²) in [6.45, 7) is 9.86. The molecule has 1 saturated heterocycles. The van der Waals surface area contributed by atoms with Gasteiger partial charge in [0.25, 0.3) is 0 Å². The fraction of sp³-hybridized carbons (Fsp3) is 0.500. The number of aliphatic imine (C=N–C) groups is 1. The zero-order chi connectivity index (χ0) is 21.5. The number of piperazine rings is 1. The van der Waals surface area contributed by atoms with Gasteiger partial charge < -0.3 is 19.9 Å². The van der Waals surface area contributed by atoms with Crippen molar-refractivity contribution in [2.45, 2.75) is 27.3 Å². The summed E-state index contributed by atoms with van der Waals surface area (Å²) in [5, 5.41) is 7.48. The molecular formula is C22H32N6O2. The summed E-state index contributed by atoms with van der Waals surface area (Å²) in [5.41, 5.74) is 1.91. The predicted molar refractivity (Wildman–Crippen MR) is 119 cm³/mol. The monoisotopic (exact) mass is 412 g/mol. The van der Waals surface area contributed by atoms with Crippen molar-refractivity contribution >= 4 is 17.6 Å². The molecular weight excluding hydrogens is 380 g/mol. The van der Waals surface area contributed by atoms with E-state index in [0.29, 0.717) is 32.2 Å². The van der Waals surface area contributed by atoms with Gasteiger partial charge in [-0.25, -0.2) is 4.99 Å². The van der Waals surface area contributed by atoms with Crippen molar-refractivity contribution in [3.63, 3.8) is 0 Å². The van der Waals surface area contributed by atoms with E-state index in [0.717, 1.165) is 29.5 Å². The van der Waals surface area contributed by atoms with Gasteiger partial charge in [0.1, 0.15) is 12.3 Å². The van der Waals surface area contributed by atoms with E-state index in [1.165, 1.54) is 0 Å². The quantitative estimate of drug-likeness (QED) is 0.558. The molecule has 30 heavy (non-hydrogen) atoms. The molecule has 0 radical (unpaired) electrons. The number of rotatable bonds is 7. The number of benzene rings is 1. The molecule has 2 heterocycles. The van der Waals surface area contributed by atoms with Crippen LogP contribution in [0.5, 0.6) is 5.75 Å². The van der Waals surface area contributed by atoms with Gasteiger partial charge in [-0.3, -0.25) is 9.48 Å². The minimum absolute atomic E-state index is 0.0453. The Balaban J connectivity index is 1.65. The fourth-order valence-electron chi connectivity index (χ4n) is 3.26. The Hall–Kier alpha value is -3.03. The third kappa shape index (κ3) is 5.75. The number of ether oxygens (including phenoxy) is 1. The molecule has 162 valence electrons. The predicted octanol–water partition coefficient (Wildman–Crippen LogP) is 2.27. The number of nitrogens with one attached hydrogen (secondary N) is 1. The molecule has 1 aliphatic heterocycles. The van der Waals surface area contributed by atoms with Crippen molar-refractivity contribution < 1.29 is 9.53 Å².